The summed E-state index contributed by atoms with van der Waals surface area (Å²) < 4.78 is 23.4. The van der Waals surface area contributed by atoms with Crippen molar-refractivity contribution in [2.24, 2.45) is 5.14 Å². The normalized spacial score (nSPS) is 12.1. The van der Waals surface area contributed by atoms with Crippen LogP contribution in [0, 0.1) is 0 Å². The summed E-state index contributed by atoms with van der Waals surface area (Å²) in [7, 11) is -3.85. The van der Waals surface area contributed by atoms with E-state index in [1.165, 1.54) is 11.0 Å². The second kappa shape index (κ2) is 3.65. The van der Waals surface area contributed by atoms with Crippen LogP contribution in [0.15, 0.2) is 36.8 Å². The summed E-state index contributed by atoms with van der Waals surface area (Å²) in [6.45, 7) is 0. The highest BCUT2D eigenvalue weighted by atomic mass is 32.2. The van der Waals surface area contributed by atoms with E-state index in [1.807, 2.05) is 24.3 Å². The Kier molecular flexibility index (Phi) is 2.22. The number of hydrogen-bond donors (Lipinski definition) is 2. The fourth-order valence-electron chi connectivity index (χ4n) is 1.85. The van der Waals surface area contributed by atoms with Gasteiger partial charge in [0.2, 0.25) is 0 Å². The zero-order valence-electron chi connectivity index (χ0n) is 9.11. The van der Waals surface area contributed by atoms with Crippen molar-refractivity contribution >= 4 is 32.1 Å². The maximum Gasteiger partial charge on any atom is 0.310 e. The predicted octanol–water partition coefficient (Wildman–Crippen LogP) is 0.332. The Morgan fingerprint density at radius 1 is 1.17 bits per heavy atom. The quantitative estimate of drug-likeness (QED) is 0.695. The number of nitrogens with zero attached hydrogens (tertiary/aromatic N) is 3. The molecule has 18 heavy (non-hydrogen) atoms. The van der Waals surface area contributed by atoms with Crippen molar-refractivity contribution in [3.63, 3.8) is 0 Å². The van der Waals surface area contributed by atoms with E-state index in [-0.39, 0.29) is 0 Å². The number of aromatic nitrogens is 3. The van der Waals surface area contributed by atoms with Gasteiger partial charge >= 0.3 is 10.2 Å². The fraction of sp³-hybridized carbons (Fsp3) is 0. The molecule has 2 aromatic heterocycles. The molecule has 0 saturated carbocycles. The summed E-state index contributed by atoms with van der Waals surface area (Å²) in [5.41, 5.74) is 1.96. The van der Waals surface area contributed by atoms with Crippen molar-refractivity contribution in [3.8, 4) is 0 Å². The van der Waals surface area contributed by atoms with Crippen molar-refractivity contribution < 1.29 is 8.42 Å². The van der Waals surface area contributed by atoms with Crippen molar-refractivity contribution in [1.29, 1.82) is 0 Å². The van der Waals surface area contributed by atoms with Crippen LogP contribution >= 0.6 is 0 Å². The standard InChI is InChI=1S/C10H9N5O2S/c11-18(16,17)14-15-6-13-9-5-12-8-4-2-1-3-7(8)10(9)15/h1-6,14H,(H2,11,16,17). The van der Waals surface area contributed by atoms with E-state index in [0.29, 0.717) is 11.0 Å². The molecule has 0 aliphatic rings. The summed E-state index contributed by atoms with van der Waals surface area (Å²) in [5.74, 6) is 0. The average Bonchev–Trinajstić information content (AvgIpc) is 2.70. The monoisotopic (exact) mass is 263 g/mol. The zero-order chi connectivity index (χ0) is 12.8. The lowest BCUT2D eigenvalue weighted by molar-refractivity contribution is 0.597. The van der Waals surface area contributed by atoms with Crippen molar-refractivity contribution in [3.05, 3.63) is 36.8 Å². The van der Waals surface area contributed by atoms with Crippen LogP contribution in [0.5, 0.6) is 0 Å². The molecule has 3 N–H and O–H groups in total. The van der Waals surface area contributed by atoms with E-state index < -0.39 is 10.2 Å². The Labute approximate surface area is 102 Å². The third-order valence-corrected chi connectivity index (χ3v) is 2.96. The van der Waals surface area contributed by atoms with Crippen LogP contribution in [-0.4, -0.2) is 23.1 Å². The summed E-state index contributed by atoms with van der Waals surface area (Å²) in [5, 5.41) is 5.75. The minimum atomic E-state index is -3.85. The van der Waals surface area contributed by atoms with Gasteiger partial charge in [0.25, 0.3) is 0 Å². The lowest BCUT2D eigenvalue weighted by Crippen LogP contribution is -2.29. The molecule has 3 aromatic rings. The smallest absolute Gasteiger partial charge is 0.254 e. The third kappa shape index (κ3) is 1.77. The van der Waals surface area contributed by atoms with Gasteiger partial charge in [0, 0.05) is 5.39 Å². The van der Waals surface area contributed by atoms with Gasteiger partial charge in [-0.05, 0) is 6.07 Å². The number of pyridine rings is 1. The molecule has 8 heteroatoms. The number of rotatable bonds is 2. The van der Waals surface area contributed by atoms with Crippen LogP contribution in [0.4, 0.5) is 0 Å². The van der Waals surface area contributed by atoms with Crippen LogP contribution in [0.1, 0.15) is 0 Å². The largest absolute Gasteiger partial charge is 0.310 e. The molecule has 0 radical (unpaired) electrons. The molecule has 3 rings (SSSR count). The van der Waals surface area contributed by atoms with E-state index in [2.05, 4.69) is 14.8 Å². The summed E-state index contributed by atoms with van der Waals surface area (Å²) in [4.78, 5) is 10.5. The Morgan fingerprint density at radius 2 is 1.94 bits per heavy atom. The number of fused-ring (bicyclic) bond motifs is 3. The molecular weight excluding hydrogens is 254 g/mol. The Bertz CT molecular complexity index is 840. The molecule has 0 atom stereocenters. The van der Waals surface area contributed by atoms with E-state index in [9.17, 15) is 8.42 Å². The van der Waals surface area contributed by atoms with Crippen LogP contribution in [0.2, 0.25) is 0 Å². The molecule has 2 heterocycles. The molecule has 0 saturated heterocycles. The highest BCUT2D eigenvalue weighted by molar-refractivity contribution is 7.90. The first-order valence-corrected chi connectivity index (χ1v) is 6.60. The van der Waals surface area contributed by atoms with Crippen LogP contribution in [0.25, 0.3) is 21.9 Å². The lowest BCUT2D eigenvalue weighted by Gasteiger charge is -2.06. The van der Waals surface area contributed by atoms with Gasteiger partial charge in [-0.25, -0.2) is 19.6 Å². The Balaban J connectivity index is 2.37. The molecular formula is C10H9N5O2S. The third-order valence-electron chi connectivity index (χ3n) is 2.51. The fourth-order valence-corrected chi connectivity index (χ4v) is 2.26. The average molecular weight is 263 g/mol. The molecule has 0 bridgehead atoms. The van der Waals surface area contributed by atoms with E-state index in [4.69, 9.17) is 5.14 Å². The van der Waals surface area contributed by atoms with Crippen LogP contribution < -0.4 is 9.97 Å². The van der Waals surface area contributed by atoms with Gasteiger partial charge in [-0.2, -0.15) is 8.42 Å². The van der Waals surface area contributed by atoms with Crippen molar-refractivity contribution in [2.75, 3.05) is 4.83 Å². The van der Waals surface area contributed by atoms with Gasteiger partial charge in [0.05, 0.1) is 11.7 Å². The highest BCUT2D eigenvalue weighted by Crippen LogP contribution is 2.21. The van der Waals surface area contributed by atoms with E-state index in [0.717, 1.165) is 10.9 Å². The number of para-hydroxylation sites is 1. The molecule has 0 spiro atoms. The minimum Gasteiger partial charge on any atom is -0.254 e. The number of nitrogens with two attached hydrogens (primary N) is 1. The molecule has 0 amide bonds. The molecule has 0 aliphatic heterocycles. The molecule has 0 unspecified atom stereocenters. The van der Waals surface area contributed by atoms with Gasteiger partial charge < -0.3 is 0 Å². The first kappa shape index (κ1) is 10.9. The Morgan fingerprint density at radius 3 is 2.72 bits per heavy atom. The van der Waals surface area contributed by atoms with Gasteiger partial charge in [-0.15, -0.1) is 0 Å². The van der Waals surface area contributed by atoms with E-state index >= 15 is 0 Å². The van der Waals surface area contributed by atoms with Crippen LogP contribution in [-0.2, 0) is 10.2 Å². The number of nitrogens with one attached hydrogen (secondary N) is 1. The molecule has 92 valence electrons. The Hall–Kier alpha value is -2.19. The van der Waals surface area contributed by atoms with Crippen LogP contribution in [0.3, 0.4) is 0 Å². The second-order valence-corrected chi connectivity index (χ2v) is 5.03. The first-order valence-electron chi connectivity index (χ1n) is 5.06. The van der Waals surface area contributed by atoms with E-state index in [1.54, 1.807) is 6.20 Å². The van der Waals surface area contributed by atoms with Gasteiger partial charge in [-0.3, -0.25) is 4.98 Å². The maximum absolute atomic E-state index is 11.1. The molecule has 7 nitrogen and oxygen atoms in total. The summed E-state index contributed by atoms with van der Waals surface area (Å²) in [6, 6.07) is 7.38. The topological polar surface area (TPSA) is 103 Å². The zero-order valence-corrected chi connectivity index (χ0v) is 9.92. The van der Waals surface area contributed by atoms with Crippen molar-refractivity contribution in [1.82, 2.24) is 14.6 Å². The molecule has 0 fully saturated rings. The number of benzene rings is 1. The van der Waals surface area contributed by atoms with Gasteiger partial charge in [0.15, 0.2) is 0 Å². The minimum absolute atomic E-state index is 0.588. The lowest BCUT2D eigenvalue weighted by atomic mass is 10.2. The molecule has 0 aliphatic carbocycles. The number of hydrogen-bond acceptors (Lipinski definition) is 4. The second-order valence-electron chi connectivity index (χ2n) is 3.76. The van der Waals surface area contributed by atoms with Crippen molar-refractivity contribution in [2.45, 2.75) is 0 Å². The SMILES string of the molecule is NS(=O)(=O)Nn1cnc2cnc3ccccc3c21. The maximum atomic E-state index is 11.1. The highest BCUT2D eigenvalue weighted by Gasteiger charge is 2.10. The molecule has 1 aromatic carbocycles. The van der Waals surface area contributed by atoms with Gasteiger partial charge in [-0.1, -0.05) is 18.2 Å². The predicted molar refractivity (Wildman–Crippen MR) is 67.5 cm³/mol. The van der Waals surface area contributed by atoms with Gasteiger partial charge in [0.1, 0.15) is 17.4 Å². The first-order chi connectivity index (χ1) is 8.54. The number of imidazole rings is 1. The summed E-state index contributed by atoms with van der Waals surface area (Å²) >= 11 is 0. The summed E-state index contributed by atoms with van der Waals surface area (Å²) in [6.07, 6.45) is 2.93.